The first-order valence-electron chi connectivity index (χ1n) is 3.46. The van der Waals surface area contributed by atoms with Crippen LogP contribution in [0.2, 0.25) is 0 Å². The number of nitrogens with zero attached hydrogens (tertiary/aromatic N) is 2. The smallest absolute Gasteiger partial charge is 0.0616 e. The van der Waals surface area contributed by atoms with Gasteiger partial charge in [-0.3, -0.25) is 4.68 Å². The van der Waals surface area contributed by atoms with Crippen LogP contribution in [0.1, 0.15) is 18.7 Å². The molecule has 0 amide bonds. The summed E-state index contributed by atoms with van der Waals surface area (Å²) in [5, 5.41) is 4.12. The van der Waals surface area contributed by atoms with Crippen molar-refractivity contribution in [2.24, 2.45) is 5.73 Å². The minimum absolute atomic E-state index is 0.315. The molecule has 0 aliphatic heterocycles. The van der Waals surface area contributed by atoms with Crippen molar-refractivity contribution in [3.8, 4) is 0 Å². The molecular formula is C7H13N3. The normalized spacial score (nSPS) is 13.5. The summed E-state index contributed by atoms with van der Waals surface area (Å²) in [4.78, 5) is 0. The van der Waals surface area contributed by atoms with Gasteiger partial charge in [0.2, 0.25) is 0 Å². The van der Waals surface area contributed by atoms with E-state index in [0.717, 1.165) is 5.69 Å². The summed E-state index contributed by atoms with van der Waals surface area (Å²) in [5.74, 6) is 0. The van der Waals surface area contributed by atoms with Gasteiger partial charge >= 0.3 is 0 Å². The molecule has 0 unspecified atom stereocenters. The predicted molar refractivity (Wildman–Crippen MR) is 40.7 cm³/mol. The Morgan fingerprint density at radius 1 is 1.80 bits per heavy atom. The first-order chi connectivity index (χ1) is 4.75. The van der Waals surface area contributed by atoms with E-state index >= 15 is 0 Å². The Bertz CT molecular complexity index is 204. The number of rotatable bonds is 2. The largest absolute Gasteiger partial charge is 0.328 e. The SMILES string of the molecule is Cc1ccnn1[C@H](C)CN. The zero-order valence-corrected chi connectivity index (χ0v) is 6.41. The van der Waals surface area contributed by atoms with Crippen molar-refractivity contribution in [3.05, 3.63) is 18.0 Å². The van der Waals surface area contributed by atoms with E-state index in [4.69, 9.17) is 5.73 Å². The van der Waals surface area contributed by atoms with Gasteiger partial charge in [-0.2, -0.15) is 5.10 Å². The van der Waals surface area contributed by atoms with Crippen LogP contribution in [0.15, 0.2) is 12.3 Å². The fourth-order valence-corrected chi connectivity index (χ4v) is 0.942. The molecule has 2 N–H and O–H groups in total. The molecule has 0 spiro atoms. The Kier molecular flexibility index (Phi) is 2.06. The summed E-state index contributed by atoms with van der Waals surface area (Å²) in [6.07, 6.45) is 1.79. The van der Waals surface area contributed by atoms with Crippen LogP contribution < -0.4 is 5.73 Å². The van der Waals surface area contributed by atoms with Gasteiger partial charge in [0.15, 0.2) is 0 Å². The lowest BCUT2D eigenvalue weighted by Gasteiger charge is -2.10. The number of hydrogen-bond acceptors (Lipinski definition) is 2. The van der Waals surface area contributed by atoms with E-state index < -0.39 is 0 Å². The number of aromatic nitrogens is 2. The maximum absolute atomic E-state index is 5.47. The van der Waals surface area contributed by atoms with Crippen molar-refractivity contribution in [3.63, 3.8) is 0 Å². The molecule has 1 rings (SSSR count). The molecule has 0 saturated heterocycles. The molecule has 1 heterocycles. The van der Waals surface area contributed by atoms with Crippen molar-refractivity contribution in [2.45, 2.75) is 19.9 Å². The molecule has 0 saturated carbocycles. The predicted octanol–water partition coefficient (Wildman–Crippen LogP) is 0.711. The van der Waals surface area contributed by atoms with Gasteiger partial charge in [0, 0.05) is 18.4 Å². The molecule has 0 aliphatic carbocycles. The van der Waals surface area contributed by atoms with Gasteiger partial charge in [0.05, 0.1) is 6.04 Å². The lowest BCUT2D eigenvalue weighted by atomic mass is 10.3. The van der Waals surface area contributed by atoms with Crippen molar-refractivity contribution < 1.29 is 0 Å². The van der Waals surface area contributed by atoms with Crippen molar-refractivity contribution >= 4 is 0 Å². The molecule has 1 aromatic rings. The quantitative estimate of drug-likeness (QED) is 0.655. The molecular weight excluding hydrogens is 126 g/mol. The molecule has 0 radical (unpaired) electrons. The van der Waals surface area contributed by atoms with Gasteiger partial charge in [-0.1, -0.05) is 0 Å². The highest BCUT2D eigenvalue weighted by molar-refractivity contribution is 4.97. The standard InChI is InChI=1S/C7H13N3/c1-6-3-4-9-10(6)7(2)5-8/h3-4,7H,5,8H2,1-2H3/t7-/m1/s1. The Morgan fingerprint density at radius 2 is 2.50 bits per heavy atom. The van der Waals surface area contributed by atoms with Crippen LogP contribution in [0.5, 0.6) is 0 Å². The average molecular weight is 139 g/mol. The topological polar surface area (TPSA) is 43.8 Å². The van der Waals surface area contributed by atoms with Crippen LogP contribution in [0.25, 0.3) is 0 Å². The summed E-state index contributed by atoms with van der Waals surface area (Å²) in [7, 11) is 0. The molecule has 0 aromatic carbocycles. The lowest BCUT2D eigenvalue weighted by Crippen LogP contribution is -2.17. The van der Waals surface area contributed by atoms with Gasteiger partial charge < -0.3 is 5.73 Å². The van der Waals surface area contributed by atoms with Crippen LogP contribution in [-0.4, -0.2) is 16.3 Å². The highest BCUT2D eigenvalue weighted by atomic mass is 15.3. The zero-order valence-electron chi connectivity index (χ0n) is 6.41. The molecule has 3 heteroatoms. The van der Waals surface area contributed by atoms with Gasteiger partial charge in [0.25, 0.3) is 0 Å². The fraction of sp³-hybridized carbons (Fsp3) is 0.571. The molecule has 1 atom stereocenters. The monoisotopic (exact) mass is 139 g/mol. The third-order valence-corrected chi connectivity index (χ3v) is 1.63. The Balaban J connectivity index is 2.82. The summed E-state index contributed by atoms with van der Waals surface area (Å²) in [6.45, 7) is 4.72. The van der Waals surface area contributed by atoms with E-state index in [9.17, 15) is 0 Å². The van der Waals surface area contributed by atoms with Gasteiger partial charge in [-0.25, -0.2) is 0 Å². The van der Waals surface area contributed by atoms with Gasteiger partial charge in [-0.15, -0.1) is 0 Å². The number of hydrogen-bond donors (Lipinski definition) is 1. The summed E-state index contributed by atoms with van der Waals surface area (Å²) in [5.41, 5.74) is 6.64. The maximum Gasteiger partial charge on any atom is 0.0616 e. The lowest BCUT2D eigenvalue weighted by molar-refractivity contribution is 0.489. The van der Waals surface area contributed by atoms with Gasteiger partial charge in [-0.05, 0) is 19.9 Å². The van der Waals surface area contributed by atoms with E-state index in [1.54, 1.807) is 6.20 Å². The summed E-state index contributed by atoms with van der Waals surface area (Å²) >= 11 is 0. The summed E-state index contributed by atoms with van der Waals surface area (Å²) < 4.78 is 1.93. The Labute approximate surface area is 60.8 Å². The Hall–Kier alpha value is -0.830. The molecule has 3 nitrogen and oxygen atoms in total. The molecule has 1 aromatic heterocycles. The van der Waals surface area contributed by atoms with Crippen LogP contribution in [0.4, 0.5) is 0 Å². The van der Waals surface area contributed by atoms with E-state index in [0.29, 0.717) is 12.6 Å². The second-order valence-electron chi connectivity index (χ2n) is 2.50. The molecule has 10 heavy (non-hydrogen) atoms. The molecule has 56 valence electrons. The average Bonchev–Trinajstić information content (AvgIpc) is 2.34. The Morgan fingerprint density at radius 3 is 2.90 bits per heavy atom. The highest BCUT2D eigenvalue weighted by Crippen LogP contribution is 2.04. The van der Waals surface area contributed by atoms with Crippen LogP contribution in [0.3, 0.4) is 0 Å². The van der Waals surface area contributed by atoms with Crippen LogP contribution in [-0.2, 0) is 0 Å². The zero-order chi connectivity index (χ0) is 7.56. The minimum Gasteiger partial charge on any atom is -0.328 e. The van der Waals surface area contributed by atoms with Crippen molar-refractivity contribution in [2.75, 3.05) is 6.54 Å². The minimum atomic E-state index is 0.315. The first-order valence-corrected chi connectivity index (χ1v) is 3.46. The second kappa shape index (κ2) is 2.84. The second-order valence-corrected chi connectivity index (χ2v) is 2.50. The maximum atomic E-state index is 5.47. The van der Waals surface area contributed by atoms with E-state index in [1.807, 2.05) is 17.7 Å². The van der Waals surface area contributed by atoms with Crippen LogP contribution in [0, 0.1) is 6.92 Å². The van der Waals surface area contributed by atoms with Crippen molar-refractivity contribution in [1.29, 1.82) is 0 Å². The van der Waals surface area contributed by atoms with Crippen molar-refractivity contribution in [1.82, 2.24) is 9.78 Å². The van der Waals surface area contributed by atoms with E-state index in [2.05, 4.69) is 12.0 Å². The third kappa shape index (κ3) is 1.19. The number of aryl methyl sites for hydroxylation is 1. The van der Waals surface area contributed by atoms with Crippen LogP contribution >= 0.6 is 0 Å². The number of nitrogens with two attached hydrogens (primary N) is 1. The van der Waals surface area contributed by atoms with E-state index in [-0.39, 0.29) is 0 Å². The highest BCUT2D eigenvalue weighted by Gasteiger charge is 2.03. The third-order valence-electron chi connectivity index (χ3n) is 1.63. The van der Waals surface area contributed by atoms with E-state index in [1.165, 1.54) is 0 Å². The van der Waals surface area contributed by atoms with Gasteiger partial charge in [0.1, 0.15) is 0 Å². The molecule has 0 fully saturated rings. The summed E-state index contributed by atoms with van der Waals surface area (Å²) in [6, 6.07) is 2.29. The fourth-order valence-electron chi connectivity index (χ4n) is 0.942. The molecule has 0 aliphatic rings. The first kappa shape index (κ1) is 7.28. The molecule has 0 bridgehead atoms.